The van der Waals surface area contributed by atoms with Gasteiger partial charge in [-0.05, 0) is 24.3 Å². The molecule has 4 aromatic rings. The molecule has 1 aromatic carbocycles. The largest absolute Gasteiger partial charge is 0.368 e. The Bertz CT molecular complexity index is 1240. The van der Waals surface area contributed by atoms with Crippen molar-refractivity contribution in [1.29, 1.82) is 0 Å². The third-order valence-corrected chi connectivity index (χ3v) is 6.43. The van der Waals surface area contributed by atoms with Gasteiger partial charge >= 0.3 is 0 Å². The van der Waals surface area contributed by atoms with Crippen molar-refractivity contribution in [2.75, 3.05) is 55.4 Å². The summed E-state index contributed by atoms with van der Waals surface area (Å²) in [5.41, 5.74) is 2.87. The second-order valence-electron chi connectivity index (χ2n) is 7.73. The van der Waals surface area contributed by atoms with Crippen LogP contribution in [0.5, 0.6) is 0 Å². The van der Waals surface area contributed by atoms with E-state index in [1.807, 2.05) is 55.5 Å². The molecule has 172 valence electrons. The minimum Gasteiger partial charge on any atom is -0.368 e. The Morgan fingerprint density at radius 2 is 1.88 bits per heavy atom. The van der Waals surface area contributed by atoms with E-state index >= 15 is 0 Å². The van der Waals surface area contributed by atoms with Gasteiger partial charge in [0.25, 0.3) is 0 Å². The van der Waals surface area contributed by atoms with Crippen LogP contribution in [-0.4, -0.2) is 60.2 Å². The highest BCUT2D eigenvalue weighted by Gasteiger charge is 2.14. The lowest BCUT2D eigenvalue weighted by Gasteiger charge is -2.29. The summed E-state index contributed by atoms with van der Waals surface area (Å²) >= 11 is 1.56. The quantitative estimate of drug-likeness (QED) is 0.439. The van der Waals surface area contributed by atoms with Crippen molar-refractivity contribution in [3.05, 3.63) is 48.5 Å². The van der Waals surface area contributed by atoms with E-state index in [2.05, 4.69) is 35.5 Å². The Morgan fingerprint density at radius 1 is 1.06 bits per heavy atom. The van der Waals surface area contributed by atoms with Gasteiger partial charge in [-0.15, -0.1) is 12.4 Å². The summed E-state index contributed by atoms with van der Waals surface area (Å²) in [7, 11) is 3.90. The first kappa shape index (κ1) is 23.1. The van der Waals surface area contributed by atoms with Crippen LogP contribution in [0.3, 0.4) is 0 Å². The summed E-state index contributed by atoms with van der Waals surface area (Å²) in [5.74, 6) is 0.423. The molecule has 5 rings (SSSR count). The van der Waals surface area contributed by atoms with Gasteiger partial charge in [0.05, 0.1) is 28.3 Å². The van der Waals surface area contributed by atoms with E-state index in [9.17, 15) is 4.39 Å². The average molecular weight is 487 g/mol. The summed E-state index contributed by atoms with van der Waals surface area (Å²) in [6, 6.07) is 9.53. The Balaban J connectivity index is 0.00000259. The zero-order valence-corrected chi connectivity index (χ0v) is 19.9. The fourth-order valence-corrected chi connectivity index (χ4v) is 4.49. The minimum atomic E-state index is -0.478. The van der Waals surface area contributed by atoms with Crippen molar-refractivity contribution in [3.8, 4) is 11.3 Å². The van der Waals surface area contributed by atoms with Gasteiger partial charge in [-0.25, -0.2) is 24.3 Å². The molecule has 0 unspecified atom stereocenters. The standard InChI is InChI=1S/C22H23FN8S.ClH/c1-30(2)22-27-17-5-3-14(11-18(17)32-22)20-16(23)13-26-21(29-20)28-19-6-4-15(12-25-19)31-9-7-24-8-10-31;/h3-6,11-13,24H,7-10H2,1-2H3,(H,25,26,28,29);1H. The topological polar surface area (TPSA) is 82.1 Å². The predicted molar refractivity (Wildman–Crippen MR) is 135 cm³/mol. The van der Waals surface area contributed by atoms with Crippen molar-refractivity contribution in [1.82, 2.24) is 25.3 Å². The lowest BCUT2D eigenvalue weighted by atomic mass is 10.1. The normalized spacial score (nSPS) is 13.6. The first-order chi connectivity index (χ1) is 15.6. The Morgan fingerprint density at radius 3 is 2.61 bits per heavy atom. The second kappa shape index (κ2) is 9.82. The number of aromatic nitrogens is 4. The molecule has 0 aliphatic carbocycles. The maximum atomic E-state index is 14.6. The van der Waals surface area contributed by atoms with Gasteiger partial charge in [0, 0.05) is 45.8 Å². The smallest absolute Gasteiger partial charge is 0.229 e. The van der Waals surface area contributed by atoms with Crippen LogP contribution in [-0.2, 0) is 0 Å². The van der Waals surface area contributed by atoms with Crippen LogP contribution in [0.25, 0.3) is 21.5 Å². The van der Waals surface area contributed by atoms with E-state index < -0.39 is 5.82 Å². The highest BCUT2D eigenvalue weighted by molar-refractivity contribution is 7.22. The van der Waals surface area contributed by atoms with E-state index in [0.717, 1.165) is 47.2 Å². The molecular weight excluding hydrogens is 463 g/mol. The van der Waals surface area contributed by atoms with E-state index in [0.29, 0.717) is 17.3 Å². The number of benzene rings is 1. The SMILES string of the molecule is CN(C)c1nc2ccc(-c3nc(Nc4ccc(N5CCNCC5)cn4)ncc3F)cc2s1.Cl. The maximum Gasteiger partial charge on any atom is 0.229 e. The van der Waals surface area contributed by atoms with Crippen molar-refractivity contribution >= 4 is 56.5 Å². The molecule has 0 saturated carbocycles. The Labute approximate surface area is 201 Å². The number of halogens is 2. The van der Waals surface area contributed by atoms with E-state index in [1.165, 1.54) is 6.20 Å². The number of rotatable bonds is 5. The van der Waals surface area contributed by atoms with Gasteiger partial charge in [-0.2, -0.15) is 0 Å². The number of fused-ring (bicyclic) bond motifs is 1. The van der Waals surface area contributed by atoms with Gasteiger partial charge in [0.2, 0.25) is 5.95 Å². The lowest BCUT2D eigenvalue weighted by Crippen LogP contribution is -2.43. The molecule has 1 aliphatic heterocycles. The summed E-state index contributed by atoms with van der Waals surface area (Å²) < 4.78 is 15.6. The average Bonchev–Trinajstić information content (AvgIpc) is 3.25. The molecule has 2 N–H and O–H groups in total. The first-order valence-electron chi connectivity index (χ1n) is 10.4. The van der Waals surface area contributed by atoms with Crippen molar-refractivity contribution in [2.45, 2.75) is 0 Å². The van der Waals surface area contributed by atoms with E-state index in [4.69, 9.17) is 0 Å². The fourth-order valence-electron chi connectivity index (χ4n) is 3.57. The Kier molecular flexibility index (Phi) is 6.87. The highest BCUT2D eigenvalue weighted by atomic mass is 35.5. The van der Waals surface area contributed by atoms with Crippen LogP contribution in [0.15, 0.2) is 42.7 Å². The number of nitrogens with zero attached hydrogens (tertiary/aromatic N) is 6. The van der Waals surface area contributed by atoms with Crippen LogP contribution in [0.2, 0.25) is 0 Å². The summed E-state index contributed by atoms with van der Waals surface area (Å²) in [6.07, 6.45) is 3.01. The van der Waals surface area contributed by atoms with Crippen LogP contribution in [0, 0.1) is 5.82 Å². The van der Waals surface area contributed by atoms with Crippen molar-refractivity contribution < 1.29 is 4.39 Å². The molecule has 1 saturated heterocycles. The summed E-state index contributed by atoms with van der Waals surface area (Å²) in [6.45, 7) is 3.85. The van der Waals surface area contributed by atoms with Gasteiger partial charge < -0.3 is 20.4 Å². The van der Waals surface area contributed by atoms with Crippen molar-refractivity contribution in [2.24, 2.45) is 0 Å². The number of piperazine rings is 1. The monoisotopic (exact) mass is 486 g/mol. The number of pyridine rings is 1. The van der Waals surface area contributed by atoms with Crippen molar-refractivity contribution in [3.63, 3.8) is 0 Å². The van der Waals surface area contributed by atoms with E-state index in [1.54, 1.807) is 11.3 Å². The third-order valence-electron chi connectivity index (χ3n) is 5.25. The maximum absolute atomic E-state index is 14.6. The van der Waals surface area contributed by atoms with E-state index in [-0.39, 0.29) is 18.1 Å². The van der Waals surface area contributed by atoms with Crippen LogP contribution >= 0.6 is 23.7 Å². The van der Waals surface area contributed by atoms with Gasteiger partial charge in [0.1, 0.15) is 11.5 Å². The lowest BCUT2D eigenvalue weighted by molar-refractivity contribution is 0.589. The zero-order valence-electron chi connectivity index (χ0n) is 18.2. The van der Waals surface area contributed by atoms with Gasteiger partial charge in [-0.1, -0.05) is 17.4 Å². The minimum absolute atomic E-state index is 0. The molecule has 0 bridgehead atoms. The molecule has 0 radical (unpaired) electrons. The van der Waals surface area contributed by atoms with Gasteiger partial charge in [-0.3, -0.25) is 0 Å². The number of anilines is 4. The van der Waals surface area contributed by atoms with Gasteiger partial charge in [0.15, 0.2) is 10.9 Å². The number of hydrogen-bond donors (Lipinski definition) is 2. The molecule has 1 fully saturated rings. The van der Waals surface area contributed by atoms with Crippen LogP contribution < -0.4 is 20.4 Å². The summed E-state index contributed by atoms with van der Waals surface area (Å²) in [4.78, 5) is 21.8. The molecule has 33 heavy (non-hydrogen) atoms. The molecule has 11 heteroatoms. The Hall–Kier alpha value is -3.08. The van der Waals surface area contributed by atoms with Crippen LogP contribution in [0.4, 0.5) is 27.0 Å². The number of hydrogen-bond acceptors (Lipinski definition) is 9. The summed E-state index contributed by atoms with van der Waals surface area (Å²) in [5, 5.41) is 7.32. The highest BCUT2D eigenvalue weighted by Crippen LogP contribution is 2.32. The molecule has 0 spiro atoms. The number of thiazole rings is 1. The molecule has 0 atom stereocenters. The number of nitrogens with one attached hydrogen (secondary N) is 2. The molecule has 4 heterocycles. The molecular formula is C22H24ClFN8S. The predicted octanol–water partition coefficient (Wildman–Crippen LogP) is 3.93. The fraction of sp³-hybridized carbons (Fsp3) is 0.273. The molecule has 3 aromatic heterocycles. The first-order valence-corrected chi connectivity index (χ1v) is 11.2. The molecule has 8 nitrogen and oxygen atoms in total. The molecule has 1 aliphatic rings. The molecule has 0 amide bonds. The second-order valence-corrected chi connectivity index (χ2v) is 8.74. The third kappa shape index (κ3) is 4.97. The zero-order chi connectivity index (χ0) is 22.1. The van der Waals surface area contributed by atoms with Crippen LogP contribution in [0.1, 0.15) is 0 Å².